The summed E-state index contributed by atoms with van der Waals surface area (Å²) in [6.07, 6.45) is 1.44. The number of hydrogen-bond donors (Lipinski definition) is 1. The Morgan fingerprint density at radius 3 is 2.53 bits per heavy atom. The summed E-state index contributed by atoms with van der Waals surface area (Å²) in [5.74, 6) is -1.00. The Morgan fingerprint density at radius 1 is 1.40 bits per heavy atom. The molecule has 82 valence electrons. The lowest BCUT2D eigenvalue weighted by Crippen LogP contribution is -2.53. The monoisotopic (exact) mass is 227 g/mol. The van der Waals surface area contributed by atoms with Crippen molar-refractivity contribution in [2.24, 2.45) is 0 Å². The minimum atomic E-state index is -1.00. The Labute approximate surface area is 93.9 Å². The maximum absolute atomic E-state index is 10.2. The van der Waals surface area contributed by atoms with Gasteiger partial charge >= 0.3 is 0 Å². The van der Waals surface area contributed by atoms with Crippen molar-refractivity contribution in [3.63, 3.8) is 0 Å². The van der Waals surface area contributed by atoms with E-state index in [-0.39, 0.29) is 12.5 Å². The van der Waals surface area contributed by atoms with Crippen molar-refractivity contribution in [3.8, 4) is 0 Å². The number of carboxylic acids is 1. The first-order valence-corrected chi connectivity index (χ1v) is 5.26. The van der Waals surface area contributed by atoms with Crippen molar-refractivity contribution in [1.82, 2.24) is 0 Å². The molecule has 1 rings (SSSR count). The molecule has 0 aliphatic heterocycles. The third kappa shape index (κ3) is 4.32. The van der Waals surface area contributed by atoms with Gasteiger partial charge in [0.2, 0.25) is 0 Å². The molecule has 1 aromatic rings. The van der Waals surface area contributed by atoms with Crippen molar-refractivity contribution >= 4 is 17.6 Å². The Bertz CT molecular complexity index is 324. The molecule has 15 heavy (non-hydrogen) atoms. The summed E-state index contributed by atoms with van der Waals surface area (Å²) in [4.78, 5) is 10.2. The third-order valence-electron chi connectivity index (χ3n) is 2.27. The molecule has 0 amide bonds. The molecule has 1 aromatic carbocycles. The van der Waals surface area contributed by atoms with E-state index in [4.69, 9.17) is 11.6 Å². The zero-order valence-corrected chi connectivity index (χ0v) is 9.17. The lowest BCUT2D eigenvalue weighted by Gasteiger charge is -2.09. The lowest BCUT2D eigenvalue weighted by atomic mass is 10.0. The number of carboxylic acid groups (broad SMARTS) is 1. The van der Waals surface area contributed by atoms with Gasteiger partial charge in [-0.25, -0.2) is 0 Å². The molecule has 4 heteroatoms. The van der Waals surface area contributed by atoms with E-state index in [9.17, 15) is 9.90 Å². The van der Waals surface area contributed by atoms with Crippen LogP contribution in [0.5, 0.6) is 0 Å². The first-order chi connectivity index (χ1) is 7.09. The molecule has 0 saturated heterocycles. The van der Waals surface area contributed by atoms with Crippen molar-refractivity contribution in [3.05, 3.63) is 34.9 Å². The van der Waals surface area contributed by atoms with E-state index in [1.165, 1.54) is 0 Å². The maximum Gasteiger partial charge on any atom is 0.110 e. The molecule has 3 N–H and O–H groups in total. The molecular weight excluding hydrogens is 214 g/mol. The van der Waals surface area contributed by atoms with Crippen molar-refractivity contribution in [2.75, 3.05) is 0 Å². The third-order valence-corrected chi connectivity index (χ3v) is 2.53. The maximum atomic E-state index is 10.2. The van der Waals surface area contributed by atoms with Crippen LogP contribution < -0.4 is 10.8 Å². The minimum absolute atomic E-state index is 0.0968. The molecule has 0 fully saturated rings. The summed E-state index contributed by atoms with van der Waals surface area (Å²) < 4.78 is 0. The topological polar surface area (TPSA) is 67.8 Å². The Hall–Kier alpha value is -1.06. The SMILES string of the molecule is [NH3+][C@H](CCCC(=O)[O-])c1ccc(Cl)cc1. The average molecular weight is 228 g/mol. The van der Waals surface area contributed by atoms with E-state index >= 15 is 0 Å². The van der Waals surface area contributed by atoms with Crippen LogP contribution in [0.2, 0.25) is 5.02 Å². The predicted octanol–water partition coefficient (Wildman–Crippen LogP) is 0.543. The van der Waals surface area contributed by atoms with Crippen LogP contribution in [0.25, 0.3) is 0 Å². The number of quaternary nitrogens is 1. The van der Waals surface area contributed by atoms with Gasteiger partial charge in [0.1, 0.15) is 6.04 Å². The van der Waals surface area contributed by atoms with Crippen LogP contribution in [-0.4, -0.2) is 5.97 Å². The van der Waals surface area contributed by atoms with Gasteiger partial charge in [0.15, 0.2) is 0 Å². The summed E-state index contributed by atoms with van der Waals surface area (Å²) in [5, 5.41) is 10.9. The molecule has 3 nitrogen and oxygen atoms in total. The van der Waals surface area contributed by atoms with Gasteiger partial charge in [-0.2, -0.15) is 0 Å². The highest BCUT2D eigenvalue weighted by molar-refractivity contribution is 6.30. The number of carbonyl (C=O) groups excluding carboxylic acids is 1. The van der Waals surface area contributed by atoms with Gasteiger partial charge < -0.3 is 15.6 Å². The number of hydrogen-bond acceptors (Lipinski definition) is 2. The molecule has 0 saturated carbocycles. The number of benzene rings is 1. The van der Waals surface area contributed by atoms with Gasteiger partial charge in [0.25, 0.3) is 0 Å². The summed E-state index contributed by atoms with van der Waals surface area (Å²) in [5.41, 5.74) is 5.06. The van der Waals surface area contributed by atoms with E-state index in [0.29, 0.717) is 11.4 Å². The van der Waals surface area contributed by atoms with Gasteiger partial charge in [-0.1, -0.05) is 23.7 Å². The summed E-state index contributed by atoms with van der Waals surface area (Å²) >= 11 is 5.76. The quantitative estimate of drug-likeness (QED) is 0.798. The molecular formula is C11H14ClNO2. The van der Waals surface area contributed by atoms with Crippen LogP contribution in [-0.2, 0) is 4.79 Å². The van der Waals surface area contributed by atoms with E-state index in [0.717, 1.165) is 12.0 Å². The molecule has 0 aliphatic carbocycles. The fourth-order valence-corrected chi connectivity index (χ4v) is 1.52. The summed E-state index contributed by atoms with van der Waals surface area (Å²) in [6, 6.07) is 7.57. The fraction of sp³-hybridized carbons (Fsp3) is 0.364. The van der Waals surface area contributed by atoms with Crippen LogP contribution in [0.15, 0.2) is 24.3 Å². The smallest absolute Gasteiger partial charge is 0.110 e. The molecule has 0 aromatic heterocycles. The van der Waals surface area contributed by atoms with Gasteiger partial charge in [-0.15, -0.1) is 0 Å². The zero-order valence-electron chi connectivity index (χ0n) is 8.41. The van der Waals surface area contributed by atoms with Crippen LogP contribution in [0, 0.1) is 0 Å². The molecule has 0 unspecified atom stereocenters. The van der Waals surface area contributed by atoms with Gasteiger partial charge in [0.05, 0.1) is 0 Å². The molecule has 0 bridgehead atoms. The van der Waals surface area contributed by atoms with Crippen LogP contribution in [0.4, 0.5) is 0 Å². The van der Waals surface area contributed by atoms with Crippen LogP contribution in [0.1, 0.15) is 30.9 Å². The molecule has 0 aliphatic rings. The summed E-state index contributed by atoms with van der Waals surface area (Å²) in [6.45, 7) is 0. The fourth-order valence-electron chi connectivity index (χ4n) is 1.39. The highest BCUT2D eigenvalue weighted by Crippen LogP contribution is 2.17. The van der Waals surface area contributed by atoms with Gasteiger partial charge in [0, 0.05) is 23.0 Å². The van der Waals surface area contributed by atoms with E-state index in [1.54, 1.807) is 0 Å². The van der Waals surface area contributed by atoms with Crippen LogP contribution >= 0.6 is 11.6 Å². The van der Waals surface area contributed by atoms with E-state index in [1.807, 2.05) is 24.3 Å². The number of aliphatic carboxylic acids is 1. The molecule has 1 atom stereocenters. The average Bonchev–Trinajstić information content (AvgIpc) is 2.18. The molecule has 0 radical (unpaired) electrons. The standard InChI is InChI=1S/C11H14ClNO2/c12-9-6-4-8(5-7-9)10(13)2-1-3-11(14)15/h4-7,10H,1-3,13H2,(H,14,15)/t10-/m1/s1. The minimum Gasteiger partial charge on any atom is -0.550 e. The number of rotatable bonds is 5. The van der Waals surface area contributed by atoms with Gasteiger partial charge in [-0.05, 0) is 25.0 Å². The Kier molecular flexibility index (Phi) is 4.59. The van der Waals surface area contributed by atoms with E-state index < -0.39 is 5.97 Å². The summed E-state index contributed by atoms with van der Waals surface area (Å²) in [7, 11) is 0. The normalized spacial score (nSPS) is 12.4. The number of halogens is 1. The van der Waals surface area contributed by atoms with Crippen molar-refractivity contribution in [2.45, 2.75) is 25.3 Å². The first-order valence-electron chi connectivity index (χ1n) is 4.88. The number of carbonyl (C=O) groups is 1. The molecule has 0 spiro atoms. The van der Waals surface area contributed by atoms with E-state index in [2.05, 4.69) is 5.73 Å². The predicted molar refractivity (Wildman–Crippen MR) is 55.9 cm³/mol. The van der Waals surface area contributed by atoms with Gasteiger partial charge in [-0.3, -0.25) is 0 Å². The second-order valence-electron chi connectivity index (χ2n) is 3.51. The second kappa shape index (κ2) is 5.73. The zero-order chi connectivity index (χ0) is 11.3. The van der Waals surface area contributed by atoms with Crippen molar-refractivity contribution < 1.29 is 15.6 Å². The van der Waals surface area contributed by atoms with Crippen LogP contribution in [0.3, 0.4) is 0 Å². The highest BCUT2D eigenvalue weighted by atomic mass is 35.5. The highest BCUT2D eigenvalue weighted by Gasteiger charge is 2.08. The second-order valence-corrected chi connectivity index (χ2v) is 3.95. The lowest BCUT2D eigenvalue weighted by molar-refractivity contribution is -0.428. The molecule has 0 heterocycles. The van der Waals surface area contributed by atoms with Crippen molar-refractivity contribution in [1.29, 1.82) is 0 Å². The first kappa shape index (κ1) is 12.0. The Balaban J connectivity index is 2.43. The Morgan fingerprint density at radius 2 is 2.00 bits per heavy atom. The largest absolute Gasteiger partial charge is 0.550 e.